The van der Waals surface area contributed by atoms with Crippen LogP contribution < -0.4 is 17.0 Å². The third-order valence-corrected chi connectivity index (χ3v) is 8.61. The van der Waals surface area contributed by atoms with Crippen molar-refractivity contribution < 1.29 is 41.8 Å². The standard InChI is InChI=1S/C27H27FN4O10S/c1-41-22(35)14-31-25(36)23(24(29)30(27(31)38)12-16-5-3-2-4-6-16)21(34)15-42-26(37)20-11-18(33)13-32(20)43(39,40)19-9-7-17(28)8-10-19/h2-10,18,20,33H,11-15,29H2,1H3/t18-,20-/m1/s1. The van der Waals surface area contributed by atoms with E-state index in [0.29, 0.717) is 14.4 Å². The second-order valence-corrected chi connectivity index (χ2v) is 11.4. The molecule has 1 saturated heterocycles. The number of hydrogen-bond donors (Lipinski definition) is 2. The number of aliphatic hydroxyl groups is 1. The lowest BCUT2D eigenvalue weighted by molar-refractivity contribution is -0.146. The number of methoxy groups -OCH3 is 1. The Labute approximate surface area is 243 Å². The third-order valence-electron chi connectivity index (χ3n) is 6.72. The molecule has 1 aliphatic rings. The van der Waals surface area contributed by atoms with Crippen molar-refractivity contribution in [3.63, 3.8) is 0 Å². The maximum atomic E-state index is 13.3. The molecule has 43 heavy (non-hydrogen) atoms. The summed E-state index contributed by atoms with van der Waals surface area (Å²) in [6.07, 6.45) is -1.60. The number of carbonyl (C=O) groups excluding carboxylic acids is 3. The molecule has 0 radical (unpaired) electrons. The zero-order valence-electron chi connectivity index (χ0n) is 22.7. The highest BCUT2D eigenvalue weighted by Crippen LogP contribution is 2.27. The molecule has 0 amide bonds. The first-order valence-corrected chi connectivity index (χ1v) is 14.2. The summed E-state index contributed by atoms with van der Waals surface area (Å²) in [6, 6.07) is 10.7. The van der Waals surface area contributed by atoms with Crippen molar-refractivity contribution in [1.82, 2.24) is 13.4 Å². The Morgan fingerprint density at radius 2 is 1.70 bits per heavy atom. The number of hydrogen-bond acceptors (Lipinski definition) is 11. The lowest BCUT2D eigenvalue weighted by atomic mass is 10.1. The van der Waals surface area contributed by atoms with Crippen molar-refractivity contribution in [2.45, 2.75) is 36.6 Å². The molecular weight excluding hydrogens is 591 g/mol. The molecule has 2 aromatic carbocycles. The van der Waals surface area contributed by atoms with Crippen molar-refractivity contribution in [3.8, 4) is 0 Å². The number of aliphatic hydroxyl groups excluding tert-OH is 1. The van der Waals surface area contributed by atoms with Crippen LogP contribution in [0.25, 0.3) is 0 Å². The van der Waals surface area contributed by atoms with Gasteiger partial charge in [0, 0.05) is 13.0 Å². The fourth-order valence-electron chi connectivity index (χ4n) is 4.54. The second kappa shape index (κ2) is 12.7. The number of benzene rings is 2. The number of ether oxygens (including phenoxy) is 2. The number of Topliss-reactive ketones (excluding diaryl/α,β-unsaturated/α-hetero) is 1. The van der Waals surface area contributed by atoms with Gasteiger partial charge in [-0.25, -0.2) is 22.2 Å². The van der Waals surface area contributed by atoms with Crippen LogP contribution in [0.1, 0.15) is 22.3 Å². The van der Waals surface area contributed by atoms with Crippen molar-refractivity contribution >= 4 is 33.6 Å². The van der Waals surface area contributed by atoms with Crippen molar-refractivity contribution in [1.29, 1.82) is 0 Å². The molecule has 4 rings (SSSR count). The summed E-state index contributed by atoms with van der Waals surface area (Å²) in [7, 11) is -3.34. The molecule has 2 heterocycles. The number of nitrogens with two attached hydrogens (primary N) is 1. The molecule has 1 aromatic heterocycles. The maximum Gasteiger partial charge on any atom is 0.333 e. The number of ketones is 1. The second-order valence-electron chi connectivity index (χ2n) is 9.55. The molecule has 1 fully saturated rings. The van der Waals surface area contributed by atoms with Gasteiger partial charge in [-0.3, -0.25) is 23.7 Å². The fraction of sp³-hybridized carbons (Fsp3) is 0.296. The molecule has 2 atom stereocenters. The summed E-state index contributed by atoms with van der Waals surface area (Å²) in [4.78, 5) is 64.1. The average Bonchev–Trinajstić information content (AvgIpc) is 3.39. The fourth-order valence-corrected chi connectivity index (χ4v) is 6.17. The first kappa shape index (κ1) is 31.3. The topological polar surface area (TPSA) is 197 Å². The van der Waals surface area contributed by atoms with Crippen LogP contribution in [0.15, 0.2) is 69.1 Å². The first-order chi connectivity index (χ1) is 20.3. The molecule has 16 heteroatoms. The van der Waals surface area contributed by atoms with Crippen molar-refractivity contribution in [2.24, 2.45) is 0 Å². The van der Waals surface area contributed by atoms with Crippen LogP contribution in [0, 0.1) is 5.82 Å². The number of β-amino-alcohol motifs (C(OH)–C–C–N with tert-alkyl or cyclic N) is 1. The van der Waals surface area contributed by atoms with E-state index in [4.69, 9.17) is 10.5 Å². The van der Waals surface area contributed by atoms with Gasteiger partial charge in [-0.1, -0.05) is 30.3 Å². The van der Waals surface area contributed by atoms with Gasteiger partial charge in [-0.05, 0) is 29.8 Å². The summed E-state index contributed by atoms with van der Waals surface area (Å²) < 4.78 is 51.2. The van der Waals surface area contributed by atoms with Gasteiger partial charge < -0.3 is 20.3 Å². The molecule has 3 N–H and O–H groups in total. The van der Waals surface area contributed by atoms with Gasteiger partial charge in [-0.15, -0.1) is 0 Å². The minimum Gasteiger partial charge on any atom is -0.468 e. The predicted molar refractivity (Wildman–Crippen MR) is 147 cm³/mol. The van der Waals surface area contributed by atoms with E-state index in [1.165, 1.54) is 0 Å². The van der Waals surface area contributed by atoms with E-state index >= 15 is 0 Å². The van der Waals surface area contributed by atoms with Crippen LogP contribution in [0.5, 0.6) is 0 Å². The average molecular weight is 619 g/mol. The van der Waals surface area contributed by atoms with Crippen molar-refractivity contribution in [2.75, 3.05) is 26.0 Å². The molecule has 228 valence electrons. The highest BCUT2D eigenvalue weighted by atomic mass is 32.2. The van der Waals surface area contributed by atoms with Gasteiger partial charge >= 0.3 is 17.6 Å². The summed E-state index contributed by atoms with van der Waals surface area (Å²) in [5, 5.41) is 10.1. The number of esters is 2. The first-order valence-electron chi connectivity index (χ1n) is 12.7. The molecule has 0 unspecified atom stereocenters. The summed E-state index contributed by atoms with van der Waals surface area (Å²) >= 11 is 0. The molecule has 1 aliphatic heterocycles. The number of carbonyl (C=O) groups is 3. The smallest absolute Gasteiger partial charge is 0.333 e. The Bertz CT molecular complexity index is 1770. The highest BCUT2D eigenvalue weighted by molar-refractivity contribution is 7.89. The van der Waals surface area contributed by atoms with Gasteiger partial charge in [0.2, 0.25) is 15.8 Å². The van der Waals surface area contributed by atoms with Crippen molar-refractivity contribution in [3.05, 3.63) is 92.4 Å². The van der Waals surface area contributed by atoms with Gasteiger partial charge in [0.15, 0.2) is 6.61 Å². The van der Waals surface area contributed by atoms with Crippen LogP contribution in [0.4, 0.5) is 10.2 Å². The molecule has 3 aromatic rings. The molecule has 14 nitrogen and oxygen atoms in total. The predicted octanol–water partition coefficient (Wildman–Crippen LogP) is -0.497. The zero-order chi connectivity index (χ0) is 31.5. The third kappa shape index (κ3) is 6.55. The normalized spacial score (nSPS) is 17.0. The summed E-state index contributed by atoms with van der Waals surface area (Å²) in [5.41, 5.74) is 3.71. The summed E-state index contributed by atoms with van der Waals surface area (Å²) in [5.74, 6) is -4.53. The number of aromatic nitrogens is 2. The van der Waals surface area contributed by atoms with Crippen LogP contribution >= 0.6 is 0 Å². The summed E-state index contributed by atoms with van der Waals surface area (Å²) in [6.45, 7) is -2.57. The monoisotopic (exact) mass is 618 g/mol. The Morgan fingerprint density at radius 3 is 2.33 bits per heavy atom. The maximum absolute atomic E-state index is 13.3. The number of nitrogen functional groups attached to an aromatic ring is 1. The Kier molecular flexibility index (Phi) is 9.22. The van der Waals surface area contributed by atoms with Gasteiger partial charge in [-0.2, -0.15) is 4.31 Å². The van der Waals surface area contributed by atoms with E-state index in [-0.39, 0.29) is 17.9 Å². The van der Waals surface area contributed by atoms with Crippen LogP contribution in [0.3, 0.4) is 0 Å². The van der Waals surface area contributed by atoms with E-state index < -0.39 is 88.0 Å². The Hall–Kier alpha value is -4.67. The van der Waals surface area contributed by atoms with Gasteiger partial charge in [0.25, 0.3) is 5.56 Å². The van der Waals surface area contributed by atoms with Crippen LogP contribution in [-0.4, -0.2) is 77.1 Å². The van der Waals surface area contributed by atoms with Crippen LogP contribution in [0.2, 0.25) is 0 Å². The number of anilines is 1. The quantitative estimate of drug-likeness (QED) is 0.220. The van der Waals surface area contributed by atoms with Crippen LogP contribution in [-0.2, 0) is 42.2 Å². The number of nitrogens with zero attached hydrogens (tertiary/aromatic N) is 3. The molecule has 0 aliphatic carbocycles. The van der Waals surface area contributed by atoms with Gasteiger partial charge in [0.05, 0.1) is 24.7 Å². The molecule has 0 saturated carbocycles. The Balaban J connectivity index is 1.62. The minimum absolute atomic E-state index is 0.177. The molecule has 0 spiro atoms. The molecular formula is C27H27FN4O10S. The van der Waals surface area contributed by atoms with Gasteiger partial charge in [0.1, 0.15) is 29.8 Å². The lowest BCUT2D eigenvalue weighted by Crippen LogP contribution is -2.46. The van der Waals surface area contributed by atoms with E-state index in [9.17, 15) is 41.9 Å². The highest BCUT2D eigenvalue weighted by Gasteiger charge is 2.44. The van der Waals surface area contributed by atoms with E-state index in [1.54, 1.807) is 30.3 Å². The van der Waals surface area contributed by atoms with E-state index in [0.717, 1.165) is 35.9 Å². The minimum atomic E-state index is -4.38. The SMILES string of the molecule is COC(=O)Cn1c(=O)c(C(=O)COC(=O)[C@H]2C[C@@H](O)CN2S(=O)(=O)c2ccc(F)cc2)c(N)n(Cc2ccccc2)c1=O. The number of rotatable bonds is 10. The zero-order valence-corrected chi connectivity index (χ0v) is 23.5. The largest absolute Gasteiger partial charge is 0.468 e. The number of halogens is 1. The Morgan fingerprint density at radius 1 is 1.05 bits per heavy atom. The lowest BCUT2D eigenvalue weighted by Gasteiger charge is -2.22. The van der Waals surface area contributed by atoms with E-state index in [1.807, 2.05) is 0 Å². The number of sulfonamides is 1. The molecule has 0 bridgehead atoms. The van der Waals surface area contributed by atoms with E-state index in [2.05, 4.69) is 4.74 Å².